The van der Waals surface area contributed by atoms with E-state index in [1.807, 2.05) is 0 Å². The summed E-state index contributed by atoms with van der Waals surface area (Å²) < 4.78 is 5.45. The molecule has 0 aliphatic rings. The van der Waals surface area contributed by atoms with Crippen LogP contribution in [-0.4, -0.2) is 12.1 Å². The van der Waals surface area contributed by atoms with E-state index in [0.29, 0.717) is 0 Å². The van der Waals surface area contributed by atoms with E-state index >= 15 is 0 Å². The third-order valence-electron chi connectivity index (χ3n) is 3.67. The molecular formula is C22H36O2. The van der Waals surface area contributed by atoms with Crippen molar-refractivity contribution < 1.29 is 9.53 Å². The second-order valence-electron chi connectivity index (χ2n) is 7.09. The van der Waals surface area contributed by atoms with Crippen LogP contribution in [0, 0.1) is 0 Å². The molecule has 0 saturated carbocycles. The average Bonchev–Trinajstić information content (AvgIpc) is 2.43. The minimum atomic E-state index is -0.219. The topological polar surface area (TPSA) is 26.3 Å². The van der Waals surface area contributed by atoms with Crippen molar-refractivity contribution in [2.75, 3.05) is 0 Å². The van der Waals surface area contributed by atoms with E-state index in [1.165, 1.54) is 29.2 Å². The SMILES string of the molecule is CC(=O)OC(C=C(C)CCC=C(C)C)CC=C(C)CCC=C(C)C. The normalized spacial score (nSPS) is 13.3. The molecule has 0 radical (unpaired) electrons. The summed E-state index contributed by atoms with van der Waals surface area (Å²) in [6, 6.07) is 0. The lowest BCUT2D eigenvalue weighted by molar-refractivity contribution is -0.144. The second kappa shape index (κ2) is 12.8. The Kier molecular flexibility index (Phi) is 12.0. The number of ether oxygens (including phenoxy) is 1. The highest BCUT2D eigenvalue weighted by Crippen LogP contribution is 2.14. The number of carbonyl (C=O) groups excluding carboxylic acids is 1. The van der Waals surface area contributed by atoms with Gasteiger partial charge in [0.2, 0.25) is 0 Å². The van der Waals surface area contributed by atoms with Crippen LogP contribution in [0.25, 0.3) is 0 Å². The Labute approximate surface area is 149 Å². The molecule has 0 rings (SSSR count). The summed E-state index contributed by atoms with van der Waals surface area (Å²) in [5.74, 6) is -0.219. The van der Waals surface area contributed by atoms with Gasteiger partial charge in [-0.05, 0) is 73.3 Å². The molecule has 0 aromatic carbocycles. The van der Waals surface area contributed by atoms with Gasteiger partial charge in [0, 0.05) is 13.3 Å². The number of esters is 1. The van der Waals surface area contributed by atoms with E-state index in [1.54, 1.807) is 0 Å². The maximum absolute atomic E-state index is 11.3. The number of allylic oxidation sites excluding steroid dienone is 6. The summed E-state index contributed by atoms with van der Waals surface area (Å²) >= 11 is 0. The van der Waals surface area contributed by atoms with E-state index in [9.17, 15) is 4.79 Å². The lowest BCUT2D eigenvalue weighted by Gasteiger charge is -2.13. The van der Waals surface area contributed by atoms with Gasteiger partial charge in [-0.3, -0.25) is 4.79 Å². The molecule has 0 bridgehead atoms. The summed E-state index contributed by atoms with van der Waals surface area (Å²) in [6.07, 6.45) is 13.6. The van der Waals surface area contributed by atoms with Gasteiger partial charge in [-0.1, -0.05) is 40.5 Å². The van der Waals surface area contributed by atoms with Gasteiger partial charge in [-0.25, -0.2) is 0 Å². The van der Waals surface area contributed by atoms with Gasteiger partial charge >= 0.3 is 5.97 Å². The van der Waals surface area contributed by atoms with E-state index < -0.39 is 0 Å². The highest BCUT2D eigenvalue weighted by atomic mass is 16.5. The summed E-state index contributed by atoms with van der Waals surface area (Å²) in [5.41, 5.74) is 5.32. The smallest absolute Gasteiger partial charge is 0.303 e. The van der Waals surface area contributed by atoms with Crippen LogP contribution in [0.15, 0.2) is 46.6 Å². The maximum Gasteiger partial charge on any atom is 0.303 e. The molecule has 0 aromatic rings. The lowest BCUT2D eigenvalue weighted by Crippen LogP contribution is -2.13. The van der Waals surface area contributed by atoms with Crippen molar-refractivity contribution in [2.45, 2.75) is 86.7 Å². The summed E-state index contributed by atoms with van der Waals surface area (Å²) in [7, 11) is 0. The van der Waals surface area contributed by atoms with E-state index in [4.69, 9.17) is 4.74 Å². The zero-order chi connectivity index (χ0) is 18.5. The zero-order valence-corrected chi connectivity index (χ0v) is 16.7. The van der Waals surface area contributed by atoms with Crippen molar-refractivity contribution in [1.29, 1.82) is 0 Å². The first-order valence-corrected chi connectivity index (χ1v) is 8.97. The first-order valence-electron chi connectivity index (χ1n) is 8.97. The molecular weight excluding hydrogens is 296 g/mol. The third kappa shape index (κ3) is 14.0. The minimum absolute atomic E-state index is 0.160. The van der Waals surface area contributed by atoms with Gasteiger partial charge in [0.25, 0.3) is 0 Å². The molecule has 0 aliphatic carbocycles. The van der Waals surface area contributed by atoms with Gasteiger partial charge in [-0.15, -0.1) is 0 Å². The highest BCUT2D eigenvalue weighted by molar-refractivity contribution is 5.66. The van der Waals surface area contributed by atoms with Crippen LogP contribution in [0.2, 0.25) is 0 Å². The van der Waals surface area contributed by atoms with Crippen molar-refractivity contribution >= 4 is 5.97 Å². The molecule has 0 N–H and O–H groups in total. The van der Waals surface area contributed by atoms with E-state index in [0.717, 1.165) is 32.1 Å². The summed E-state index contributed by atoms with van der Waals surface area (Å²) in [6.45, 7) is 14.2. The Morgan fingerprint density at radius 1 is 0.792 bits per heavy atom. The molecule has 2 heteroatoms. The molecule has 1 atom stereocenters. The fraction of sp³-hybridized carbons (Fsp3) is 0.591. The predicted molar refractivity (Wildman–Crippen MR) is 105 cm³/mol. The second-order valence-corrected chi connectivity index (χ2v) is 7.09. The Hall–Kier alpha value is -1.57. The first-order chi connectivity index (χ1) is 11.2. The Bertz CT molecular complexity index is 496. The quantitative estimate of drug-likeness (QED) is 0.329. The van der Waals surface area contributed by atoms with Crippen LogP contribution in [-0.2, 0) is 9.53 Å². The van der Waals surface area contributed by atoms with Crippen molar-refractivity contribution in [1.82, 2.24) is 0 Å². The molecule has 0 aliphatic heterocycles. The zero-order valence-electron chi connectivity index (χ0n) is 16.7. The molecule has 2 nitrogen and oxygen atoms in total. The van der Waals surface area contributed by atoms with E-state index in [2.05, 4.69) is 65.8 Å². The average molecular weight is 333 g/mol. The molecule has 0 heterocycles. The molecule has 0 amide bonds. The van der Waals surface area contributed by atoms with Gasteiger partial charge in [0.15, 0.2) is 0 Å². The highest BCUT2D eigenvalue weighted by Gasteiger charge is 2.08. The molecule has 1 unspecified atom stereocenters. The molecule has 0 aromatic heterocycles. The largest absolute Gasteiger partial charge is 0.458 e. The molecule has 0 fully saturated rings. The van der Waals surface area contributed by atoms with Crippen molar-refractivity contribution in [3.8, 4) is 0 Å². The standard InChI is InChI=1S/C22H36O2/c1-17(2)10-8-12-19(5)14-15-22(24-21(7)23)16-20(6)13-9-11-18(3)4/h10-11,14,16,22H,8-9,12-13,15H2,1-7H3. The van der Waals surface area contributed by atoms with Gasteiger partial charge in [0.1, 0.15) is 6.10 Å². The minimum Gasteiger partial charge on any atom is -0.458 e. The van der Waals surface area contributed by atoms with Gasteiger partial charge in [-0.2, -0.15) is 0 Å². The Morgan fingerprint density at radius 3 is 1.75 bits per heavy atom. The summed E-state index contributed by atoms with van der Waals surface area (Å²) in [4.78, 5) is 11.3. The van der Waals surface area contributed by atoms with Crippen molar-refractivity contribution in [3.63, 3.8) is 0 Å². The van der Waals surface area contributed by atoms with E-state index in [-0.39, 0.29) is 12.1 Å². The Morgan fingerprint density at radius 2 is 1.29 bits per heavy atom. The number of hydrogen-bond acceptors (Lipinski definition) is 2. The molecule has 0 spiro atoms. The third-order valence-corrected chi connectivity index (χ3v) is 3.67. The van der Waals surface area contributed by atoms with Crippen LogP contribution >= 0.6 is 0 Å². The Balaban J connectivity index is 4.67. The fourth-order valence-corrected chi connectivity index (χ4v) is 2.36. The number of carbonyl (C=O) groups is 1. The molecule has 0 saturated heterocycles. The first kappa shape index (κ1) is 22.4. The van der Waals surface area contributed by atoms with Crippen LogP contribution in [0.5, 0.6) is 0 Å². The summed E-state index contributed by atoms with van der Waals surface area (Å²) in [5, 5.41) is 0. The van der Waals surface area contributed by atoms with Crippen LogP contribution < -0.4 is 0 Å². The van der Waals surface area contributed by atoms with Gasteiger partial charge in [0.05, 0.1) is 0 Å². The van der Waals surface area contributed by atoms with Crippen LogP contribution in [0.1, 0.15) is 80.6 Å². The number of hydrogen-bond donors (Lipinski definition) is 0. The monoisotopic (exact) mass is 332 g/mol. The van der Waals surface area contributed by atoms with Crippen molar-refractivity contribution in [2.24, 2.45) is 0 Å². The maximum atomic E-state index is 11.3. The van der Waals surface area contributed by atoms with Crippen molar-refractivity contribution in [3.05, 3.63) is 46.6 Å². The predicted octanol–water partition coefficient (Wildman–Crippen LogP) is 6.69. The molecule has 136 valence electrons. The van der Waals surface area contributed by atoms with Crippen LogP contribution in [0.3, 0.4) is 0 Å². The van der Waals surface area contributed by atoms with Gasteiger partial charge < -0.3 is 4.74 Å². The van der Waals surface area contributed by atoms with Crippen LogP contribution in [0.4, 0.5) is 0 Å². The number of rotatable bonds is 10. The molecule has 24 heavy (non-hydrogen) atoms. The fourth-order valence-electron chi connectivity index (χ4n) is 2.36. The lowest BCUT2D eigenvalue weighted by atomic mass is 10.0.